The number of hydrogen-bond acceptors (Lipinski definition) is 3. The van der Waals surface area contributed by atoms with E-state index in [1.807, 2.05) is 0 Å². The number of rotatable bonds is 8. The molecule has 1 atom stereocenters. The Kier molecular flexibility index (Phi) is 7.87. The fourth-order valence-corrected chi connectivity index (χ4v) is 2.47. The molecule has 1 N–H and O–H groups in total. The van der Waals surface area contributed by atoms with E-state index >= 15 is 0 Å². The van der Waals surface area contributed by atoms with Crippen LogP contribution in [0.25, 0.3) is 0 Å². The average Bonchev–Trinajstić information content (AvgIpc) is 2.33. The Hall–Kier alpha value is -0.120. The van der Waals surface area contributed by atoms with E-state index < -0.39 is 0 Å². The molecule has 0 saturated carbocycles. The molecule has 0 aliphatic carbocycles. The Morgan fingerprint density at radius 3 is 2.61 bits per heavy atom. The van der Waals surface area contributed by atoms with Crippen molar-refractivity contribution < 1.29 is 4.74 Å². The standard InChI is InChI=1S/C15H32N2O/c1-13(2)12-18-9-8-17(14(3)4)11-15-6-5-7-16-10-15/h13-16H,5-12H2,1-4H3. The van der Waals surface area contributed by atoms with Crippen molar-refractivity contribution in [2.45, 2.75) is 46.6 Å². The summed E-state index contributed by atoms with van der Waals surface area (Å²) in [7, 11) is 0. The molecule has 1 unspecified atom stereocenters. The summed E-state index contributed by atoms with van der Waals surface area (Å²) >= 11 is 0. The highest BCUT2D eigenvalue weighted by Crippen LogP contribution is 2.13. The second kappa shape index (κ2) is 8.89. The monoisotopic (exact) mass is 256 g/mol. The summed E-state index contributed by atoms with van der Waals surface area (Å²) in [4.78, 5) is 2.57. The molecule has 1 aliphatic heterocycles. The molecule has 1 aliphatic rings. The molecular formula is C15H32N2O. The van der Waals surface area contributed by atoms with E-state index in [-0.39, 0.29) is 0 Å². The molecule has 0 bridgehead atoms. The molecule has 3 heteroatoms. The van der Waals surface area contributed by atoms with Crippen LogP contribution in [0.5, 0.6) is 0 Å². The summed E-state index contributed by atoms with van der Waals surface area (Å²) in [5, 5.41) is 3.50. The van der Waals surface area contributed by atoms with Gasteiger partial charge in [-0.3, -0.25) is 4.90 Å². The number of ether oxygens (including phenoxy) is 1. The van der Waals surface area contributed by atoms with Gasteiger partial charge in [0.25, 0.3) is 0 Å². The van der Waals surface area contributed by atoms with Crippen LogP contribution in [0.1, 0.15) is 40.5 Å². The summed E-state index contributed by atoms with van der Waals surface area (Å²) in [6, 6.07) is 0.620. The van der Waals surface area contributed by atoms with Crippen LogP contribution in [0.3, 0.4) is 0 Å². The largest absolute Gasteiger partial charge is 0.380 e. The van der Waals surface area contributed by atoms with E-state index in [0.717, 1.165) is 25.7 Å². The van der Waals surface area contributed by atoms with E-state index in [9.17, 15) is 0 Å². The van der Waals surface area contributed by atoms with Gasteiger partial charge in [0.1, 0.15) is 0 Å². The van der Waals surface area contributed by atoms with Gasteiger partial charge in [0, 0.05) is 25.7 Å². The number of hydrogen-bond donors (Lipinski definition) is 1. The molecule has 0 aromatic carbocycles. The third-order valence-electron chi connectivity index (χ3n) is 3.60. The van der Waals surface area contributed by atoms with Gasteiger partial charge in [0.05, 0.1) is 6.61 Å². The van der Waals surface area contributed by atoms with Crippen LogP contribution in [0.15, 0.2) is 0 Å². The average molecular weight is 256 g/mol. The predicted octanol–water partition coefficient (Wildman–Crippen LogP) is 2.37. The highest BCUT2D eigenvalue weighted by atomic mass is 16.5. The summed E-state index contributed by atoms with van der Waals surface area (Å²) in [6.45, 7) is 15.4. The Morgan fingerprint density at radius 2 is 2.06 bits per heavy atom. The molecule has 0 radical (unpaired) electrons. The Morgan fingerprint density at radius 1 is 1.28 bits per heavy atom. The molecule has 0 aromatic rings. The molecule has 18 heavy (non-hydrogen) atoms. The van der Waals surface area contributed by atoms with Crippen molar-refractivity contribution in [1.29, 1.82) is 0 Å². The Bertz CT molecular complexity index is 201. The highest BCUT2D eigenvalue weighted by molar-refractivity contribution is 4.74. The van der Waals surface area contributed by atoms with Crippen LogP contribution in [0.2, 0.25) is 0 Å². The van der Waals surface area contributed by atoms with Crippen molar-refractivity contribution in [2.24, 2.45) is 11.8 Å². The van der Waals surface area contributed by atoms with E-state index in [0.29, 0.717) is 12.0 Å². The van der Waals surface area contributed by atoms with Crippen molar-refractivity contribution >= 4 is 0 Å². The van der Waals surface area contributed by atoms with Crippen molar-refractivity contribution in [1.82, 2.24) is 10.2 Å². The van der Waals surface area contributed by atoms with E-state index in [1.54, 1.807) is 0 Å². The van der Waals surface area contributed by atoms with Crippen molar-refractivity contribution in [3.05, 3.63) is 0 Å². The normalized spacial score (nSPS) is 21.2. The maximum atomic E-state index is 5.71. The molecule has 1 saturated heterocycles. The molecule has 0 spiro atoms. The zero-order valence-electron chi connectivity index (χ0n) is 12.7. The van der Waals surface area contributed by atoms with Gasteiger partial charge in [0.2, 0.25) is 0 Å². The smallest absolute Gasteiger partial charge is 0.0593 e. The van der Waals surface area contributed by atoms with Gasteiger partial charge in [-0.15, -0.1) is 0 Å². The van der Waals surface area contributed by atoms with E-state index in [2.05, 4.69) is 37.9 Å². The molecule has 3 nitrogen and oxygen atoms in total. The van der Waals surface area contributed by atoms with Gasteiger partial charge >= 0.3 is 0 Å². The van der Waals surface area contributed by atoms with Gasteiger partial charge in [-0.1, -0.05) is 13.8 Å². The summed E-state index contributed by atoms with van der Waals surface area (Å²) in [5.41, 5.74) is 0. The van der Waals surface area contributed by atoms with Crippen LogP contribution in [0.4, 0.5) is 0 Å². The second-order valence-corrected chi connectivity index (χ2v) is 6.27. The number of nitrogens with one attached hydrogen (secondary N) is 1. The van der Waals surface area contributed by atoms with Gasteiger partial charge in [0.15, 0.2) is 0 Å². The van der Waals surface area contributed by atoms with Crippen LogP contribution in [0, 0.1) is 11.8 Å². The number of nitrogens with zero attached hydrogens (tertiary/aromatic N) is 1. The first-order valence-corrected chi connectivity index (χ1v) is 7.62. The lowest BCUT2D eigenvalue weighted by atomic mass is 9.98. The van der Waals surface area contributed by atoms with E-state index in [1.165, 1.54) is 32.5 Å². The quantitative estimate of drug-likeness (QED) is 0.675. The zero-order valence-corrected chi connectivity index (χ0v) is 12.7. The molecule has 0 amide bonds. The third-order valence-corrected chi connectivity index (χ3v) is 3.60. The summed E-state index contributed by atoms with van der Waals surface area (Å²) in [5.74, 6) is 1.46. The maximum absolute atomic E-state index is 5.71. The van der Waals surface area contributed by atoms with Gasteiger partial charge < -0.3 is 10.1 Å². The fraction of sp³-hybridized carbons (Fsp3) is 1.00. The minimum Gasteiger partial charge on any atom is -0.380 e. The summed E-state index contributed by atoms with van der Waals surface area (Å²) in [6.07, 6.45) is 2.71. The first kappa shape index (κ1) is 15.9. The summed E-state index contributed by atoms with van der Waals surface area (Å²) < 4.78 is 5.71. The first-order chi connectivity index (χ1) is 8.59. The Labute approximate surface area is 113 Å². The SMILES string of the molecule is CC(C)COCCN(CC1CCCNC1)C(C)C. The topological polar surface area (TPSA) is 24.5 Å². The fourth-order valence-electron chi connectivity index (χ4n) is 2.47. The second-order valence-electron chi connectivity index (χ2n) is 6.27. The van der Waals surface area contributed by atoms with Crippen LogP contribution in [-0.2, 0) is 4.74 Å². The number of piperidine rings is 1. The minimum atomic E-state index is 0.620. The molecule has 108 valence electrons. The predicted molar refractivity (Wildman–Crippen MR) is 78.0 cm³/mol. The lowest BCUT2D eigenvalue weighted by Gasteiger charge is -2.32. The van der Waals surface area contributed by atoms with Gasteiger partial charge in [-0.25, -0.2) is 0 Å². The van der Waals surface area contributed by atoms with Crippen molar-refractivity contribution in [2.75, 3.05) is 39.4 Å². The lowest BCUT2D eigenvalue weighted by Crippen LogP contribution is -2.42. The molecule has 1 rings (SSSR count). The van der Waals surface area contributed by atoms with Gasteiger partial charge in [-0.05, 0) is 51.6 Å². The molecule has 1 fully saturated rings. The lowest BCUT2D eigenvalue weighted by molar-refractivity contribution is 0.0687. The molecular weight excluding hydrogens is 224 g/mol. The zero-order chi connectivity index (χ0) is 13.4. The molecule has 1 heterocycles. The van der Waals surface area contributed by atoms with Crippen molar-refractivity contribution in [3.63, 3.8) is 0 Å². The van der Waals surface area contributed by atoms with Crippen molar-refractivity contribution in [3.8, 4) is 0 Å². The van der Waals surface area contributed by atoms with E-state index in [4.69, 9.17) is 4.74 Å². The minimum absolute atomic E-state index is 0.620. The van der Waals surface area contributed by atoms with Crippen LogP contribution < -0.4 is 5.32 Å². The van der Waals surface area contributed by atoms with Crippen LogP contribution >= 0.6 is 0 Å². The van der Waals surface area contributed by atoms with Gasteiger partial charge in [-0.2, -0.15) is 0 Å². The van der Waals surface area contributed by atoms with Crippen LogP contribution in [-0.4, -0.2) is 50.3 Å². The third kappa shape index (κ3) is 6.72. The maximum Gasteiger partial charge on any atom is 0.0593 e. The first-order valence-electron chi connectivity index (χ1n) is 7.62. The highest BCUT2D eigenvalue weighted by Gasteiger charge is 2.18. The molecule has 0 aromatic heterocycles. The Balaban J connectivity index is 2.21.